The molecule has 0 spiro atoms. The first-order valence-electron chi connectivity index (χ1n) is 8.63. The number of aliphatic hydroxyl groups is 1. The first kappa shape index (κ1) is 18.1. The Morgan fingerprint density at radius 3 is 2.58 bits per heavy atom. The van der Waals surface area contributed by atoms with Crippen molar-refractivity contribution in [2.45, 2.75) is 13.0 Å². The lowest BCUT2D eigenvalue weighted by Crippen LogP contribution is -2.28. The van der Waals surface area contributed by atoms with Crippen LogP contribution >= 0.6 is 0 Å². The second kappa shape index (κ2) is 8.62. The summed E-state index contributed by atoms with van der Waals surface area (Å²) in [6, 6.07) is 15.3. The molecule has 26 heavy (non-hydrogen) atoms. The summed E-state index contributed by atoms with van der Waals surface area (Å²) in [6.45, 7) is 2.19. The number of amides is 1. The van der Waals surface area contributed by atoms with Gasteiger partial charge in [0, 0.05) is 42.3 Å². The van der Waals surface area contributed by atoms with Gasteiger partial charge in [0.1, 0.15) is 0 Å². The van der Waals surface area contributed by atoms with Crippen molar-refractivity contribution in [1.82, 2.24) is 15.4 Å². The molecule has 0 saturated carbocycles. The maximum Gasteiger partial charge on any atom is 0.274 e. The second-order valence-electron chi connectivity index (χ2n) is 6.25. The van der Waals surface area contributed by atoms with E-state index in [9.17, 15) is 9.90 Å². The Bertz CT molecular complexity index is 858. The zero-order valence-corrected chi connectivity index (χ0v) is 14.5. The highest BCUT2D eigenvalue weighted by Gasteiger charge is 2.10. The van der Waals surface area contributed by atoms with Gasteiger partial charge in [-0.05, 0) is 35.7 Å². The van der Waals surface area contributed by atoms with E-state index < -0.39 is 5.91 Å². The van der Waals surface area contributed by atoms with Crippen molar-refractivity contribution in [1.29, 1.82) is 0 Å². The number of hydrogen-bond donors (Lipinski definition) is 4. The summed E-state index contributed by atoms with van der Waals surface area (Å²) in [7, 11) is 0. The minimum absolute atomic E-state index is 0.0961. The molecule has 6 nitrogen and oxygen atoms in total. The number of H-pyrrole nitrogens is 1. The van der Waals surface area contributed by atoms with Gasteiger partial charge < -0.3 is 10.1 Å². The fraction of sp³-hybridized carbons (Fsp3) is 0.250. The molecule has 0 radical (unpaired) electrons. The third-order valence-electron chi connectivity index (χ3n) is 4.51. The quantitative estimate of drug-likeness (QED) is 0.370. The van der Waals surface area contributed by atoms with Gasteiger partial charge in [0.2, 0.25) is 0 Å². The molecule has 3 aromatic rings. The molecule has 0 aliphatic rings. The summed E-state index contributed by atoms with van der Waals surface area (Å²) in [5.41, 5.74) is 5.48. The molecular weight excluding hydrogens is 330 g/mol. The summed E-state index contributed by atoms with van der Waals surface area (Å²) in [5, 5.41) is 19.3. The lowest BCUT2D eigenvalue weighted by Gasteiger charge is -2.21. The molecule has 6 heteroatoms. The first-order chi connectivity index (χ1) is 12.7. The minimum atomic E-state index is -0.525. The third-order valence-corrected chi connectivity index (χ3v) is 4.51. The Morgan fingerprint density at radius 2 is 1.85 bits per heavy atom. The molecule has 0 atom stereocenters. The van der Waals surface area contributed by atoms with E-state index in [1.165, 1.54) is 10.9 Å². The Labute approximate surface area is 152 Å². The van der Waals surface area contributed by atoms with Crippen molar-refractivity contribution in [2.24, 2.45) is 0 Å². The van der Waals surface area contributed by atoms with Crippen LogP contribution in [0.3, 0.4) is 0 Å². The van der Waals surface area contributed by atoms with Crippen LogP contribution in [0.1, 0.15) is 21.5 Å². The highest BCUT2D eigenvalue weighted by molar-refractivity contribution is 5.93. The summed E-state index contributed by atoms with van der Waals surface area (Å²) in [5.74, 6) is -0.525. The predicted octanol–water partition coefficient (Wildman–Crippen LogP) is 2.32. The Balaban J connectivity index is 1.64. The number of aromatic nitrogens is 1. The monoisotopic (exact) mass is 353 g/mol. The minimum Gasteiger partial charge on any atom is -0.395 e. The lowest BCUT2D eigenvalue weighted by atomic mass is 10.1. The highest BCUT2D eigenvalue weighted by atomic mass is 16.5. The van der Waals surface area contributed by atoms with Crippen LogP contribution in [0.25, 0.3) is 10.9 Å². The molecule has 0 fully saturated rings. The number of nitrogens with one attached hydrogen (secondary N) is 2. The van der Waals surface area contributed by atoms with E-state index in [1.54, 1.807) is 17.6 Å². The molecule has 3 rings (SSSR count). The number of rotatable bonds is 8. The van der Waals surface area contributed by atoms with Crippen molar-refractivity contribution >= 4 is 16.8 Å². The van der Waals surface area contributed by atoms with Crippen molar-refractivity contribution in [2.75, 3.05) is 19.7 Å². The fourth-order valence-electron chi connectivity index (χ4n) is 3.11. The van der Waals surface area contributed by atoms with Crippen molar-refractivity contribution in [3.05, 3.63) is 71.4 Å². The molecule has 2 aromatic carbocycles. The number of nitrogens with zero attached hydrogens (tertiary/aromatic N) is 1. The molecule has 0 bridgehead atoms. The van der Waals surface area contributed by atoms with Crippen molar-refractivity contribution in [3.63, 3.8) is 0 Å². The SMILES string of the molecule is O=C(NO)c1ccc(CN(CCO)CCc2c[nH]c3ccccc23)cc1. The molecule has 1 amide bonds. The van der Waals surface area contributed by atoms with Gasteiger partial charge in [0.25, 0.3) is 5.91 Å². The number of carbonyl (C=O) groups is 1. The smallest absolute Gasteiger partial charge is 0.274 e. The van der Waals surface area contributed by atoms with Crippen molar-refractivity contribution < 1.29 is 15.1 Å². The highest BCUT2D eigenvalue weighted by Crippen LogP contribution is 2.18. The van der Waals surface area contributed by atoms with Crippen LogP contribution in [0.5, 0.6) is 0 Å². The van der Waals surface area contributed by atoms with Crippen LogP contribution in [-0.4, -0.2) is 45.8 Å². The lowest BCUT2D eigenvalue weighted by molar-refractivity contribution is 0.0706. The normalized spacial score (nSPS) is 11.2. The average molecular weight is 353 g/mol. The van der Waals surface area contributed by atoms with Crippen LogP contribution < -0.4 is 5.48 Å². The van der Waals surface area contributed by atoms with E-state index in [0.717, 1.165) is 24.0 Å². The fourth-order valence-corrected chi connectivity index (χ4v) is 3.11. The maximum atomic E-state index is 11.4. The zero-order valence-electron chi connectivity index (χ0n) is 14.5. The molecule has 0 saturated heterocycles. The molecule has 136 valence electrons. The van der Waals surface area contributed by atoms with Gasteiger partial charge in [-0.2, -0.15) is 0 Å². The molecular formula is C20H23N3O3. The molecule has 1 heterocycles. The van der Waals surface area contributed by atoms with Gasteiger partial charge in [-0.15, -0.1) is 0 Å². The van der Waals surface area contributed by atoms with Gasteiger partial charge in [-0.1, -0.05) is 30.3 Å². The topological polar surface area (TPSA) is 88.6 Å². The van der Waals surface area contributed by atoms with Gasteiger partial charge in [0.05, 0.1) is 6.61 Å². The maximum absolute atomic E-state index is 11.4. The van der Waals surface area contributed by atoms with Gasteiger partial charge in [0.15, 0.2) is 0 Å². The van der Waals surface area contributed by atoms with Crippen LogP contribution in [0.15, 0.2) is 54.7 Å². The number of fused-ring (bicyclic) bond motifs is 1. The van der Waals surface area contributed by atoms with E-state index in [0.29, 0.717) is 18.7 Å². The Kier molecular flexibility index (Phi) is 6.01. The number of benzene rings is 2. The summed E-state index contributed by atoms with van der Waals surface area (Å²) in [4.78, 5) is 16.9. The molecule has 1 aromatic heterocycles. The Hall–Kier alpha value is -2.67. The van der Waals surface area contributed by atoms with Gasteiger partial charge in [-0.25, -0.2) is 5.48 Å². The number of aromatic amines is 1. The van der Waals surface area contributed by atoms with Gasteiger partial charge >= 0.3 is 0 Å². The van der Waals surface area contributed by atoms with Crippen LogP contribution in [-0.2, 0) is 13.0 Å². The largest absolute Gasteiger partial charge is 0.395 e. The molecule has 0 aliphatic heterocycles. The number of hydroxylamine groups is 1. The third kappa shape index (κ3) is 4.29. The van der Waals surface area contributed by atoms with E-state index in [1.807, 2.05) is 30.5 Å². The number of hydrogen-bond acceptors (Lipinski definition) is 4. The van der Waals surface area contributed by atoms with E-state index in [4.69, 9.17) is 5.21 Å². The van der Waals surface area contributed by atoms with Crippen LogP contribution in [0, 0.1) is 0 Å². The van der Waals surface area contributed by atoms with Gasteiger partial charge in [-0.3, -0.25) is 14.9 Å². The van der Waals surface area contributed by atoms with Crippen molar-refractivity contribution in [3.8, 4) is 0 Å². The zero-order chi connectivity index (χ0) is 18.4. The van der Waals surface area contributed by atoms with Crippen LogP contribution in [0.2, 0.25) is 0 Å². The number of carbonyl (C=O) groups excluding carboxylic acids is 1. The van der Waals surface area contributed by atoms with E-state index in [-0.39, 0.29) is 6.61 Å². The molecule has 4 N–H and O–H groups in total. The summed E-state index contributed by atoms with van der Waals surface area (Å²) >= 11 is 0. The average Bonchev–Trinajstić information content (AvgIpc) is 3.09. The predicted molar refractivity (Wildman–Crippen MR) is 100 cm³/mol. The molecule has 0 unspecified atom stereocenters. The molecule has 0 aliphatic carbocycles. The van der Waals surface area contributed by atoms with Crippen LogP contribution in [0.4, 0.5) is 0 Å². The summed E-state index contributed by atoms with van der Waals surface area (Å²) < 4.78 is 0. The number of aliphatic hydroxyl groups excluding tert-OH is 1. The second-order valence-corrected chi connectivity index (χ2v) is 6.25. The summed E-state index contributed by atoms with van der Waals surface area (Å²) in [6.07, 6.45) is 2.93. The first-order valence-corrected chi connectivity index (χ1v) is 8.63. The Morgan fingerprint density at radius 1 is 1.08 bits per heavy atom. The standard InChI is InChI=1S/C20H23N3O3/c24-12-11-23(14-15-5-7-16(8-6-15)20(25)22-26)10-9-17-13-21-19-4-2-1-3-18(17)19/h1-8,13,21,24,26H,9-12,14H2,(H,22,25). The van der Waals surface area contributed by atoms with E-state index >= 15 is 0 Å². The number of para-hydroxylation sites is 1. The van der Waals surface area contributed by atoms with E-state index in [2.05, 4.69) is 22.0 Å².